The van der Waals surface area contributed by atoms with Gasteiger partial charge in [-0.2, -0.15) is 5.10 Å². The van der Waals surface area contributed by atoms with E-state index in [1.807, 2.05) is 42.5 Å². The monoisotopic (exact) mass is 392 g/mol. The van der Waals surface area contributed by atoms with Gasteiger partial charge in [0.05, 0.1) is 30.0 Å². The van der Waals surface area contributed by atoms with Gasteiger partial charge in [0.15, 0.2) is 0 Å². The number of aromatic amines is 1. The van der Waals surface area contributed by atoms with E-state index >= 15 is 0 Å². The standard InChI is InChI=1S/C22H24N4O3/c23-22(27)18-15-16(5-7-20-17-3-1-2-4-19(17)24-25-20)6-8-21(18)29-14-11-26-9-12-28-13-10-26/h1-8,15H,9-14H2,(H2,23,27)(H,24,25)/b7-5+. The summed E-state index contributed by atoms with van der Waals surface area (Å²) in [5.74, 6) is -0.0000274. The Bertz CT molecular complexity index is 1020. The van der Waals surface area contributed by atoms with Gasteiger partial charge >= 0.3 is 0 Å². The summed E-state index contributed by atoms with van der Waals surface area (Å²) in [4.78, 5) is 14.2. The van der Waals surface area contributed by atoms with E-state index in [1.54, 1.807) is 12.1 Å². The first-order valence-electron chi connectivity index (χ1n) is 9.68. The number of amides is 1. The Hall–Kier alpha value is -3.16. The Kier molecular flexibility index (Phi) is 5.88. The molecule has 3 N–H and O–H groups in total. The molecule has 0 unspecified atom stereocenters. The van der Waals surface area contributed by atoms with E-state index in [0.717, 1.165) is 55.0 Å². The van der Waals surface area contributed by atoms with E-state index in [4.69, 9.17) is 15.2 Å². The molecule has 1 aromatic heterocycles. The van der Waals surface area contributed by atoms with Crippen molar-refractivity contribution >= 4 is 29.0 Å². The summed E-state index contributed by atoms with van der Waals surface area (Å²) < 4.78 is 11.2. The van der Waals surface area contributed by atoms with Crippen molar-refractivity contribution in [3.05, 3.63) is 59.3 Å². The minimum atomic E-state index is -0.508. The van der Waals surface area contributed by atoms with Gasteiger partial charge in [-0.05, 0) is 29.8 Å². The number of para-hydroxylation sites is 1. The predicted octanol–water partition coefficient (Wildman–Crippen LogP) is 2.54. The molecule has 7 heteroatoms. The molecule has 1 amide bonds. The first kappa shape index (κ1) is 19.2. The number of carbonyl (C=O) groups excluding carboxylic acids is 1. The number of H-pyrrole nitrogens is 1. The fraction of sp³-hybridized carbons (Fsp3) is 0.273. The van der Waals surface area contributed by atoms with E-state index in [0.29, 0.717) is 17.9 Å². The second-order valence-corrected chi connectivity index (χ2v) is 6.91. The van der Waals surface area contributed by atoms with E-state index in [9.17, 15) is 4.79 Å². The van der Waals surface area contributed by atoms with Crippen LogP contribution in [0, 0.1) is 0 Å². The molecule has 7 nitrogen and oxygen atoms in total. The lowest BCUT2D eigenvalue weighted by atomic mass is 10.1. The fourth-order valence-corrected chi connectivity index (χ4v) is 3.37. The molecule has 1 fully saturated rings. The number of benzene rings is 2. The number of nitrogens with two attached hydrogens (primary N) is 1. The molecule has 4 rings (SSSR count). The number of primary amides is 1. The van der Waals surface area contributed by atoms with Gasteiger partial charge < -0.3 is 15.2 Å². The first-order chi connectivity index (χ1) is 14.2. The van der Waals surface area contributed by atoms with Gasteiger partial charge in [-0.1, -0.05) is 30.3 Å². The normalized spacial score (nSPS) is 15.2. The molecule has 2 heterocycles. The van der Waals surface area contributed by atoms with Crippen molar-refractivity contribution in [2.75, 3.05) is 39.5 Å². The van der Waals surface area contributed by atoms with Crippen LogP contribution in [0.25, 0.3) is 23.1 Å². The van der Waals surface area contributed by atoms with Crippen LogP contribution in [0.5, 0.6) is 5.75 Å². The second kappa shape index (κ2) is 8.89. The zero-order chi connectivity index (χ0) is 20.1. The molecular weight excluding hydrogens is 368 g/mol. The van der Waals surface area contributed by atoms with Crippen molar-refractivity contribution in [2.24, 2.45) is 5.73 Å². The molecule has 0 spiro atoms. The first-order valence-corrected chi connectivity index (χ1v) is 9.68. The lowest BCUT2D eigenvalue weighted by molar-refractivity contribution is 0.0322. The predicted molar refractivity (Wildman–Crippen MR) is 113 cm³/mol. The number of fused-ring (bicyclic) bond motifs is 1. The zero-order valence-electron chi connectivity index (χ0n) is 16.1. The maximum atomic E-state index is 11.9. The Morgan fingerprint density at radius 3 is 2.86 bits per heavy atom. The summed E-state index contributed by atoms with van der Waals surface area (Å²) in [5.41, 5.74) is 8.63. The summed E-state index contributed by atoms with van der Waals surface area (Å²) in [6.07, 6.45) is 3.82. The Morgan fingerprint density at radius 2 is 2.03 bits per heavy atom. The van der Waals surface area contributed by atoms with E-state index in [1.165, 1.54) is 0 Å². The van der Waals surface area contributed by atoms with E-state index in [-0.39, 0.29) is 0 Å². The molecule has 1 saturated heterocycles. The van der Waals surface area contributed by atoms with E-state index < -0.39 is 5.91 Å². The smallest absolute Gasteiger partial charge is 0.252 e. The summed E-state index contributed by atoms with van der Waals surface area (Å²) in [5, 5.41) is 8.38. The molecule has 3 aromatic rings. The average Bonchev–Trinajstić information content (AvgIpc) is 3.16. The van der Waals surface area contributed by atoms with Crippen molar-refractivity contribution < 1.29 is 14.3 Å². The molecule has 150 valence electrons. The van der Waals surface area contributed by atoms with Crippen LogP contribution in [0.2, 0.25) is 0 Å². The number of nitrogens with zero attached hydrogens (tertiary/aromatic N) is 2. The van der Waals surface area contributed by atoms with Crippen LogP contribution < -0.4 is 10.5 Å². The molecule has 29 heavy (non-hydrogen) atoms. The summed E-state index contributed by atoms with van der Waals surface area (Å²) in [6.45, 7) is 4.58. The average molecular weight is 392 g/mol. The number of rotatable bonds is 7. The van der Waals surface area contributed by atoms with Crippen molar-refractivity contribution in [1.82, 2.24) is 15.1 Å². The third-order valence-corrected chi connectivity index (χ3v) is 4.97. The van der Waals surface area contributed by atoms with Gasteiger partial charge in [0.1, 0.15) is 12.4 Å². The van der Waals surface area contributed by atoms with Crippen LogP contribution in [0.4, 0.5) is 0 Å². The number of carbonyl (C=O) groups is 1. The number of ether oxygens (including phenoxy) is 2. The molecule has 0 aliphatic carbocycles. The van der Waals surface area contributed by atoms with E-state index in [2.05, 4.69) is 15.1 Å². The molecule has 0 radical (unpaired) electrons. The zero-order valence-corrected chi connectivity index (χ0v) is 16.1. The molecule has 0 bridgehead atoms. The number of nitrogens with one attached hydrogen (secondary N) is 1. The number of hydrogen-bond donors (Lipinski definition) is 2. The highest BCUT2D eigenvalue weighted by Crippen LogP contribution is 2.22. The van der Waals surface area contributed by atoms with Crippen molar-refractivity contribution in [1.29, 1.82) is 0 Å². The van der Waals surface area contributed by atoms with Crippen LogP contribution in [0.1, 0.15) is 21.6 Å². The topological polar surface area (TPSA) is 93.5 Å². The Balaban J connectivity index is 1.46. The lowest BCUT2D eigenvalue weighted by Crippen LogP contribution is -2.38. The Morgan fingerprint density at radius 1 is 1.21 bits per heavy atom. The molecule has 0 atom stereocenters. The highest BCUT2D eigenvalue weighted by Gasteiger charge is 2.13. The second-order valence-electron chi connectivity index (χ2n) is 6.91. The van der Waals surface area contributed by atoms with Gasteiger partial charge in [-0.3, -0.25) is 14.8 Å². The Labute approximate surface area is 169 Å². The van der Waals surface area contributed by atoms with Gasteiger partial charge in [0.25, 0.3) is 5.91 Å². The highest BCUT2D eigenvalue weighted by molar-refractivity contribution is 5.96. The largest absolute Gasteiger partial charge is 0.491 e. The number of aromatic nitrogens is 2. The van der Waals surface area contributed by atoms with Gasteiger partial charge in [0.2, 0.25) is 0 Å². The maximum absolute atomic E-state index is 11.9. The quantitative estimate of drug-likeness (QED) is 0.645. The fourth-order valence-electron chi connectivity index (χ4n) is 3.37. The van der Waals surface area contributed by atoms with Crippen molar-refractivity contribution in [2.45, 2.75) is 0 Å². The molecule has 1 aliphatic heterocycles. The van der Waals surface area contributed by atoms with Crippen LogP contribution in [-0.2, 0) is 4.74 Å². The SMILES string of the molecule is NC(=O)c1cc(/C=C/c2n[nH]c3ccccc23)ccc1OCCN1CCOCC1. The van der Waals surface area contributed by atoms with Crippen molar-refractivity contribution in [3.63, 3.8) is 0 Å². The minimum absolute atomic E-state index is 0.376. The number of hydrogen-bond acceptors (Lipinski definition) is 5. The third kappa shape index (κ3) is 4.64. The van der Waals surface area contributed by atoms with Gasteiger partial charge in [0, 0.05) is 25.0 Å². The summed E-state index contributed by atoms with van der Waals surface area (Å²) in [6, 6.07) is 13.4. The molecule has 1 aliphatic rings. The highest BCUT2D eigenvalue weighted by atomic mass is 16.5. The lowest BCUT2D eigenvalue weighted by Gasteiger charge is -2.26. The van der Waals surface area contributed by atoms with Crippen LogP contribution in [0.3, 0.4) is 0 Å². The summed E-state index contributed by atoms with van der Waals surface area (Å²) >= 11 is 0. The van der Waals surface area contributed by atoms with Crippen LogP contribution >= 0.6 is 0 Å². The van der Waals surface area contributed by atoms with Crippen LogP contribution in [0.15, 0.2) is 42.5 Å². The molecule has 0 saturated carbocycles. The molecule has 2 aromatic carbocycles. The van der Waals surface area contributed by atoms with Gasteiger partial charge in [-0.25, -0.2) is 0 Å². The third-order valence-electron chi connectivity index (χ3n) is 4.97. The molecular formula is C22H24N4O3. The van der Waals surface area contributed by atoms with Gasteiger partial charge in [-0.15, -0.1) is 0 Å². The van der Waals surface area contributed by atoms with Crippen molar-refractivity contribution in [3.8, 4) is 5.75 Å². The maximum Gasteiger partial charge on any atom is 0.252 e. The number of morpholine rings is 1. The minimum Gasteiger partial charge on any atom is -0.491 e. The summed E-state index contributed by atoms with van der Waals surface area (Å²) in [7, 11) is 0. The van der Waals surface area contributed by atoms with Crippen LogP contribution in [-0.4, -0.2) is 60.5 Å².